The van der Waals surface area contributed by atoms with Crippen molar-refractivity contribution in [2.45, 2.75) is 45.0 Å². The van der Waals surface area contributed by atoms with Crippen molar-refractivity contribution in [3.05, 3.63) is 47.0 Å². The van der Waals surface area contributed by atoms with Crippen LogP contribution in [0.15, 0.2) is 41.6 Å². The van der Waals surface area contributed by atoms with E-state index in [-0.39, 0.29) is 28.3 Å². The number of rotatable bonds is 7. The van der Waals surface area contributed by atoms with Crippen molar-refractivity contribution in [2.75, 3.05) is 17.8 Å². The lowest BCUT2D eigenvalue weighted by molar-refractivity contribution is -0.132. The number of carbonyl (C=O) groups is 2. The lowest BCUT2D eigenvalue weighted by atomic mass is 10.1. The first kappa shape index (κ1) is 25.7. The first-order chi connectivity index (χ1) is 17.3. The van der Waals surface area contributed by atoms with E-state index in [0.717, 1.165) is 18.6 Å². The molecule has 0 aliphatic carbocycles. The van der Waals surface area contributed by atoms with E-state index in [1.54, 1.807) is 12.1 Å². The van der Waals surface area contributed by atoms with Crippen LogP contribution in [-0.2, 0) is 9.59 Å². The smallest absolute Gasteiger partial charge is 0.308 e. The normalized spacial score (nSPS) is 14.2. The van der Waals surface area contributed by atoms with Gasteiger partial charge in [-0.05, 0) is 18.6 Å². The highest BCUT2D eigenvalue weighted by molar-refractivity contribution is 7.99. The van der Waals surface area contributed by atoms with Crippen molar-refractivity contribution < 1.29 is 23.8 Å². The zero-order chi connectivity index (χ0) is 25.8. The van der Waals surface area contributed by atoms with Crippen LogP contribution in [0.4, 0.5) is 5.69 Å². The van der Waals surface area contributed by atoms with Crippen LogP contribution in [-0.4, -0.2) is 39.9 Å². The third kappa shape index (κ3) is 5.24. The number of carbonyl (C=O) groups excluding carboxylic acids is 2. The molecule has 4 rings (SSSR count). The van der Waals surface area contributed by atoms with Crippen molar-refractivity contribution in [3.8, 4) is 28.6 Å². The number of hydrogen-bond acceptors (Lipinski definition) is 9. The van der Waals surface area contributed by atoms with Crippen LogP contribution in [0.2, 0.25) is 5.02 Å². The molecule has 1 aliphatic heterocycles. The van der Waals surface area contributed by atoms with Crippen LogP contribution in [0, 0.1) is 0 Å². The number of para-hydroxylation sites is 1. The summed E-state index contributed by atoms with van der Waals surface area (Å²) in [6, 6.07) is 10.3. The van der Waals surface area contributed by atoms with E-state index >= 15 is 0 Å². The van der Waals surface area contributed by atoms with Gasteiger partial charge in [-0.15, -0.1) is 10.2 Å². The van der Waals surface area contributed by atoms with Gasteiger partial charge in [0.15, 0.2) is 17.2 Å². The molecule has 1 aliphatic rings. The fraction of sp³-hybridized carbons (Fsp3) is 0.320. The topological polar surface area (TPSA) is 104 Å². The summed E-state index contributed by atoms with van der Waals surface area (Å²) in [6.07, 6.45) is 1.05. The standard InChI is InChI=1S/C25H25ClN4O5S/c1-5-6-11-36-25-27-23-22(28-29-25)16-9-7-8-10-19(16)30(14(2)31)24(35-23)17-12-20(33-4)21(13-18(17)26)34-15(3)32/h7-10,12-13,24H,5-6,11H2,1-4H3/t24-/m1/s1. The number of esters is 1. The number of benzene rings is 2. The predicted octanol–water partition coefficient (Wildman–Crippen LogP) is 5.46. The summed E-state index contributed by atoms with van der Waals surface area (Å²) >= 11 is 8.14. The highest BCUT2D eigenvalue weighted by Crippen LogP contribution is 2.46. The van der Waals surface area contributed by atoms with Crippen LogP contribution in [0.3, 0.4) is 0 Å². The average Bonchev–Trinajstić information content (AvgIpc) is 2.98. The van der Waals surface area contributed by atoms with Crippen molar-refractivity contribution in [2.24, 2.45) is 0 Å². The number of aromatic nitrogens is 3. The number of halogens is 1. The van der Waals surface area contributed by atoms with Gasteiger partial charge in [-0.1, -0.05) is 54.9 Å². The Hall–Kier alpha value is -3.37. The number of amides is 1. The number of ether oxygens (including phenoxy) is 3. The molecule has 0 bridgehead atoms. The van der Waals surface area contributed by atoms with E-state index in [0.29, 0.717) is 27.7 Å². The van der Waals surface area contributed by atoms with E-state index in [1.807, 2.05) is 18.2 Å². The Balaban J connectivity index is 1.88. The van der Waals surface area contributed by atoms with E-state index < -0.39 is 12.2 Å². The second kappa shape index (κ2) is 11.1. The quantitative estimate of drug-likeness (QED) is 0.171. The Labute approximate surface area is 218 Å². The minimum absolute atomic E-state index is 0.154. The van der Waals surface area contributed by atoms with Crippen LogP contribution in [0.5, 0.6) is 17.4 Å². The summed E-state index contributed by atoms with van der Waals surface area (Å²) in [5.74, 6) is 0.672. The molecule has 0 saturated heterocycles. The maximum Gasteiger partial charge on any atom is 0.308 e. The van der Waals surface area contributed by atoms with E-state index in [4.69, 9.17) is 25.8 Å². The number of hydrogen-bond donors (Lipinski definition) is 0. The average molecular weight is 529 g/mol. The number of thioether (sulfide) groups is 1. The van der Waals surface area contributed by atoms with Gasteiger partial charge in [0, 0.05) is 36.8 Å². The number of fused-ring (bicyclic) bond motifs is 3. The molecule has 0 saturated carbocycles. The molecule has 0 unspecified atom stereocenters. The Bertz CT molecular complexity index is 1310. The van der Waals surface area contributed by atoms with Crippen LogP contribution < -0.4 is 19.1 Å². The minimum atomic E-state index is -1.01. The first-order valence-corrected chi connectivity index (χ1v) is 12.7. The van der Waals surface area contributed by atoms with E-state index in [9.17, 15) is 9.59 Å². The molecule has 3 aromatic rings. The maximum absolute atomic E-state index is 13.0. The second-order valence-electron chi connectivity index (χ2n) is 7.94. The van der Waals surface area contributed by atoms with Gasteiger partial charge in [0.2, 0.25) is 23.2 Å². The Morgan fingerprint density at radius 3 is 2.64 bits per heavy atom. The summed E-state index contributed by atoms with van der Waals surface area (Å²) in [5, 5.41) is 9.38. The Morgan fingerprint density at radius 1 is 1.17 bits per heavy atom. The molecule has 1 amide bonds. The van der Waals surface area contributed by atoms with Crippen molar-refractivity contribution in [1.29, 1.82) is 0 Å². The molecule has 9 nitrogen and oxygen atoms in total. The largest absolute Gasteiger partial charge is 0.493 e. The summed E-state index contributed by atoms with van der Waals surface area (Å²) in [6.45, 7) is 4.83. The molecular weight excluding hydrogens is 504 g/mol. The molecule has 0 fully saturated rings. The predicted molar refractivity (Wildman–Crippen MR) is 137 cm³/mol. The number of anilines is 1. The van der Waals surface area contributed by atoms with Gasteiger partial charge in [-0.25, -0.2) is 0 Å². The summed E-state index contributed by atoms with van der Waals surface area (Å²) in [5.41, 5.74) is 2.05. The van der Waals surface area contributed by atoms with Crippen molar-refractivity contribution in [1.82, 2.24) is 15.2 Å². The Kier molecular flexibility index (Phi) is 7.95. The molecule has 0 radical (unpaired) electrons. The van der Waals surface area contributed by atoms with Gasteiger partial charge in [0.1, 0.15) is 0 Å². The van der Waals surface area contributed by atoms with Gasteiger partial charge in [-0.2, -0.15) is 4.98 Å². The second-order valence-corrected chi connectivity index (χ2v) is 9.41. The van der Waals surface area contributed by atoms with Gasteiger partial charge in [0.05, 0.1) is 17.8 Å². The highest BCUT2D eigenvalue weighted by Gasteiger charge is 2.36. The highest BCUT2D eigenvalue weighted by atomic mass is 35.5. The fourth-order valence-corrected chi connectivity index (χ4v) is 4.87. The monoisotopic (exact) mass is 528 g/mol. The van der Waals surface area contributed by atoms with Crippen LogP contribution >= 0.6 is 23.4 Å². The maximum atomic E-state index is 13.0. The molecule has 1 atom stereocenters. The van der Waals surface area contributed by atoms with Crippen LogP contribution in [0.1, 0.15) is 45.4 Å². The van der Waals surface area contributed by atoms with Gasteiger partial charge >= 0.3 is 5.97 Å². The summed E-state index contributed by atoms with van der Waals surface area (Å²) in [4.78, 5) is 30.7. The van der Waals surface area contributed by atoms with Gasteiger partial charge < -0.3 is 14.2 Å². The number of nitrogens with zero attached hydrogens (tertiary/aromatic N) is 4. The number of methoxy groups -OCH3 is 1. The first-order valence-electron chi connectivity index (χ1n) is 11.3. The molecule has 1 aromatic heterocycles. The lowest BCUT2D eigenvalue weighted by Crippen LogP contribution is -2.36. The summed E-state index contributed by atoms with van der Waals surface area (Å²) < 4.78 is 17.0. The van der Waals surface area contributed by atoms with Gasteiger partial charge in [0.25, 0.3) is 0 Å². The minimum Gasteiger partial charge on any atom is -0.493 e. The third-order valence-electron chi connectivity index (χ3n) is 5.38. The van der Waals surface area contributed by atoms with E-state index in [2.05, 4.69) is 22.1 Å². The molecule has 0 N–H and O–H groups in total. The van der Waals surface area contributed by atoms with Crippen LogP contribution in [0.25, 0.3) is 11.3 Å². The molecule has 36 heavy (non-hydrogen) atoms. The molecule has 11 heteroatoms. The zero-order valence-electron chi connectivity index (χ0n) is 20.3. The molecule has 2 heterocycles. The molecule has 0 spiro atoms. The molecule has 2 aromatic carbocycles. The number of unbranched alkanes of at least 4 members (excludes halogenated alkanes) is 1. The summed E-state index contributed by atoms with van der Waals surface area (Å²) in [7, 11) is 1.44. The fourth-order valence-electron chi connectivity index (χ4n) is 3.76. The van der Waals surface area contributed by atoms with Crippen molar-refractivity contribution in [3.63, 3.8) is 0 Å². The lowest BCUT2D eigenvalue weighted by Gasteiger charge is -2.30. The van der Waals surface area contributed by atoms with Gasteiger partial charge in [-0.3, -0.25) is 14.5 Å². The van der Waals surface area contributed by atoms with Crippen molar-refractivity contribution >= 4 is 40.9 Å². The third-order valence-corrected chi connectivity index (χ3v) is 6.63. The Morgan fingerprint density at radius 2 is 1.94 bits per heavy atom. The SMILES string of the molecule is CCCCSc1nnc2c(n1)O[C@H](c1cc(OC)c(OC(C)=O)cc1Cl)N(C(C)=O)c1ccccc1-2. The van der Waals surface area contributed by atoms with E-state index in [1.165, 1.54) is 43.7 Å². The zero-order valence-corrected chi connectivity index (χ0v) is 21.9. The molecular formula is C25H25ClN4O5S. The molecule has 188 valence electrons.